The number of rotatable bonds is 8. The van der Waals surface area contributed by atoms with E-state index in [-0.39, 0.29) is 24.6 Å². The minimum absolute atomic E-state index is 0.0697. The zero-order chi connectivity index (χ0) is 23.4. The van der Waals surface area contributed by atoms with Crippen molar-refractivity contribution >= 4 is 17.7 Å². The second-order valence-electron chi connectivity index (χ2n) is 7.87. The number of fused-ring (bicyclic) bond motifs is 3. The highest BCUT2D eigenvalue weighted by molar-refractivity contribution is 5.79. The third kappa shape index (κ3) is 5.01. The number of alkyl carbamates (subject to hydrolysis) is 1. The Labute approximate surface area is 190 Å². The Morgan fingerprint density at radius 1 is 0.939 bits per heavy atom. The van der Waals surface area contributed by atoms with Gasteiger partial charge in [0.15, 0.2) is 0 Å². The minimum atomic E-state index is -1.32. The van der Waals surface area contributed by atoms with Crippen LogP contribution in [0.2, 0.25) is 0 Å². The van der Waals surface area contributed by atoms with Gasteiger partial charge in [-0.1, -0.05) is 60.7 Å². The third-order valence-corrected chi connectivity index (χ3v) is 5.71. The molecule has 4 rings (SSSR count). The number of carboxylic acid groups (broad SMARTS) is 1. The third-order valence-electron chi connectivity index (χ3n) is 5.71. The van der Waals surface area contributed by atoms with Crippen LogP contribution in [0, 0.1) is 10.1 Å². The van der Waals surface area contributed by atoms with E-state index in [2.05, 4.69) is 5.32 Å². The Morgan fingerprint density at radius 2 is 1.52 bits per heavy atom. The van der Waals surface area contributed by atoms with Gasteiger partial charge in [0.1, 0.15) is 6.61 Å². The van der Waals surface area contributed by atoms with E-state index in [0.717, 1.165) is 22.3 Å². The molecule has 0 aliphatic heterocycles. The number of hydrogen-bond acceptors (Lipinski definition) is 6. The molecule has 0 aromatic heterocycles. The van der Waals surface area contributed by atoms with Crippen molar-refractivity contribution in [2.24, 2.45) is 0 Å². The molecule has 0 fully saturated rings. The summed E-state index contributed by atoms with van der Waals surface area (Å²) in [5, 5.41) is 24.6. The van der Waals surface area contributed by atoms with Gasteiger partial charge in [-0.15, -0.1) is 0 Å². The van der Waals surface area contributed by atoms with Crippen molar-refractivity contribution in [3.63, 3.8) is 0 Å². The molecule has 1 aliphatic carbocycles. The number of carboxylic acids is 1. The van der Waals surface area contributed by atoms with Gasteiger partial charge >= 0.3 is 6.09 Å². The van der Waals surface area contributed by atoms with Crippen molar-refractivity contribution in [3.05, 3.63) is 99.6 Å². The van der Waals surface area contributed by atoms with Crippen LogP contribution in [-0.2, 0) is 16.0 Å². The number of amides is 1. The number of nitrogens with one attached hydrogen (secondary N) is 1. The Balaban J connectivity index is 1.42. The quantitative estimate of drug-likeness (QED) is 0.420. The summed E-state index contributed by atoms with van der Waals surface area (Å²) in [6.45, 7) is 0.107. The summed E-state index contributed by atoms with van der Waals surface area (Å²) < 4.78 is 5.49. The Kier molecular flexibility index (Phi) is 6.35. The maximum atomic E-state index is 12.5. The summed E-state index contributed by atoms with van der Waals surface area (Å²) in [5.74, 6) is -1.43. The van der Waals surface area contributed by atoms with Crippen LogP contribution in [0.1, 0.15) is 29.0 Å². The van der Waals surface area contributed by atoms with Gasteiger partial charge < -0.3 is 20.0 Å². The molecule has 0 saturated carbocycles. The van der Waals surface area contributed by atoms with Crippen LogP contribution >= 0.6 is 0 Å². The van der Waals surface area contributed by atoms with Gasteiger partial charge in [-0.3, -0.25) is 10.1 Å². The molecule has 0 radical (unpaired) electrons. The van der Waals surface area contributed by atoms with Gasteiger partial charge in [-0.2, -0.15) is 0 Å². The lowest BCUT2D eigenvalue weighted by molar-refractivity contribution is -0.384. The maximum absolute atomic E-state index is 12.5. The average molecular weight is 445 g/mol. The molecule has 8 nitrogen and oxygen atoms in total. The molecule has 0 bridgehead atoms. The first-order valence-electron chi connectivity index (χ1n) is 10.5. The molecule has 1 aliphatic rings. The van der Waals surface area contributed by atoms with E-state index in [1.165, 1.54) is 24.3 Å². The number of benzene rings is 3. The van der Waals surface area contributed by atoms with E-state index in [9.17, 15) is 24.8 Å². The van der Waals surface area contributed by atoms with Crippen molar-refractivity contribution in [2.45, 2.75) is 24.8 Å². The highest BCUT2D eigenvalue weighted by Gasteiger charge is 2.29. The monoisotopic (exact) mass is 445 g/mol. The molecule has 8 heteroatoms. The van der Waals surface area contributed by atoms with Crippen LogP contribution in [0.5, 0.6) is 0 Å². The van der Waals surface area contributed by atoms with Crippen molar-refractivity contribution in [3.8, 4) is 11.1 Å². The molecule has 0 heterocycles. The molecule has 33 heavy (non-hydrogen) atoms. The number of ether oxygens (including phenoxy) is 1. The van der Waals surface area contributed by atoms with Crippen LogP contribution in [0.25, 0.3) is 11.1 Å². The number of nitro groups is 1. The first-order valence-corrected chi connectivity index (χ1v) is 10.5. The van der Waals surface area contributed by atoms with Gasteiger partial charge in [-0.25, -0.2) is 4.79 Å². The van der Waals surface area contributed by atoms with Crippen LogP contribution in [-0.4, -0.2) is 29.6 Å². The summed E-state index contributed by atoms with van der Waals surface area (Å²) in [4.78, 5) is 34.0. The smallest absolute Gasteiger partial charge is 0.407 e. The van der Waals surface area contributed by atoms with Gasteiger partial charge in [0.2, 0.25) is 0 Å². The second kappa shape index (κ2) is 9.52. The zero-order valence-electron chi connectivity index (χ0n) is 17.6. The normalized spacial score (nSPS) is 13.0. The first kappa shape index (κ1) is 22.0. The molecule has 1 amide bonds. The maximum Gasteiger partial charge on any atom is 0.407 e. The summed E-state index contributed by atoms with van der Waals surface area (Å²) in [6, 6.07) is 20.8. The standard InChI is InChI=1S/C25H22N2O6/c28-24(29)14-17(13-16-9-11-18(12-10-16)27(31)32)26-25(30)33-15-23-21-7-3-1-5-19(21)20-6-2-4-8-22(20)23/h1-12,17,23H,13-15H2,(H,26,30)(H,28,29)/p-1/t17-/m0/s1. The molecule has 1 atom stereocenters. The van der Waals surface area contributed by atoms with Crippen LogP contribution < -0.4 is 10.4 Å². The molecule has 168 valence electrons. The second-order valence-corrected chi connectivity index (χ2v) is 7.87. The van der Waals surface area contributed by atoms with Crippen LogP contribution in [0.4, 0.5) is 10.5 Å². The summed E-state index contributed by atoms with van der Waals surface area (Å²) in [6.07, 6.45) is -0.984. The predicted molar refractivity (Wildman–Crippen MR) is 118 cm³/mol. The van der Waals surface area contributed by atoms with Gasteiger partial charge in [-0.05, 0) is 34.2 Å². The summed E-state index contributed by atoms with van der Waals surface area (Å²) in [7, 11) is 0. The molecule has 3 aromatic rings. The van der Waals surface area contributed by atoms with Crippen molar-refractivity contribution < 1.29 is 24.4 Å². The number of nitrogens with zero attached hydrogens (tertiary/aromatic N) is 1. The fraction of sp³-hybridized carbons (Fsp3) is 0.200. The van der Waals surface area contributed by atoms with E-state index in [4.69, 9.17) is 4.74 Å². The fourth-order valence-electron chi connectivity index (χ4n) is 4.22. The predicted octanol–water partition coefficient (Wildman–Crippen LogP) is 3.18. The van der Waals surface area contributed by atoms with Crippen LogP contribution in [0.3, 0.4) is 0 Å². The van der Waals surface area contributed by atoms with Gasteiger partial charge in [0, 0.05) is 36.5 Å². The minimum Gasteiger partial charge on any atom is -0.550 e. The highest BCUT2D eigenvalue weighted by atomic mass is 16.6. The Bertz CT molecular complexity index is 1150. The summed E-state index contributed by atoms with van der Waals surface area (Å²) in [5.41, 5.74) is 4.93. The Morgan fingerprint density at radius 3 is 2.06 bits per heavy atom. The van der Waals surface area contributed by atoms with Crippen molar-refractivity contribution in [1.29, 1.82) is 0 Å². The van der Waals surface area contributed by atoms with E-state index in [0.29, 0.717) is 5.56 Å². The fourth-order valence-corrected chi connectivity index (χ4v) is 4.22. The summed E-state index contributed by atoms with van der Waals surface area (Å²) >= 11 is 0. The Hall–Kier alpha value is -4.20. The molecular formula is C25H21N2O6-. The van der Waals surface area contributed by atoms with Crippen molar-refractivity contribution in [2.75, 3.05) is 6.61 Å². The molecule has 0 unspecified atom stereocenters. The number of aliphatic carboxylic acids is 1. The largest absolute Gasteiger partial charge is 0.550 e. The van der Waals surface area contributed by atoms with Gasteiger partial charge in [0.25, 0.3) is 5.69 Å². The SMILES string of the molecule is O=C([O-])C[C@H](Cc1ccc([N+](=O)[O-])cc1)NC(=O)OCC1c2ccccc2-c2ccccc21. The number of carbonyl (C=O) groups is 2. The van der Waals surface area contributed by atoms with E-state index in [1.54, 1.807) is 0 Å². The molecular weight excluding hydrogens is 424 g/mol. The highest BCUT2D eigenvalue weighted by Crippen LogP contribution is 2.44. The molecule has 1 N–H and O–H groups in total. The lowest BCUT2D eigenvalue weighted by atomic mass is 9.98. The number of carbonyl (C=O) groups excluding carboxylic acids is 2. The van der Waals surface area contributed by atoms with Gasteiger partial charge in [0.05, 0.1) is 4.92 Å². The lowest BCUT2D eigenvalue weighted by Gasteiger charge is -2.20. The van der Waals surface area contributed by atoms with Crippen LogP contribution in [0.15, 0.2) is 72.8 Å². The van der Waals surface area contributed by atoms with E-state index < -0.39 is 29.4 Å². The van der Waals surface area contributed by atoms with E-state index >= 15 is 0 Å². The number of non-ortho nitro benzene ring substituents is 1. The zero-order valence-corrected chi connectivity index (χ0v) is 17.6. The van der Waals surface area contributed by atoms with E-state index in [1.807, 2.05) is 48.5 Å². The molecule has 0 saturated heterocycles. The average Bonchev–Trinajstić information content (AvgIpc) is 3.11. The topological polar surface area (TPSA) is 122 Å². The number of hydrogen-bond donors (Lipinski definition) is 1. The first-order chi connectivity index (χ1) is 15.9. The molecule has 3 aromatic carbocycles. The number of nitro benzene ring substituents is 1. The van der Waals surface area contributed by atoms with Crippen molar-refractivity contribution in [1.82, 2.24) is 5.32 Å². The molecule has 0 spiro atoms. The lowest BCUT2D eigenvalue weighted by Crippen LogP contribution is -2.41.